The molecule has 14 heteroatoms. The summed E-state index contributed by atoms with van der Waals surface area (Å²) in [5.74, 6) is 1.37. The molecule has 200 valence electrons. The van der Waals surface area contributed by atoms with Crippen LogP contribution in [0.3, 0.4) is 0 Å². The molecule has 0 spiro atoms. The topological polar surface area (TPSA) is 146 Å². The van der Waals surface area contributed by atoms with Crippen LogP contribution in [-0.4, -0.2) is 64.9 Å². The minimum atomic E-state index is -4.03. The normalized spacial score (nSPS) is 11.6. The molecule has 2 rings (SSSR count). The molecule has 0 saturated heterocycles. The molecule has 0 aliphatic carbocycles. The van der Waals surface area contributed by atoms with E-state index in [1.54, 1.807) is 24.3 Å². The largest absolute Gasteiger partial charge is 1.00 e. The molecule has 2 N–H and O–H groups in total. The molecule has 2 aromatic carbocycles. The molecule has 0 aliphatic rings. The summed E-state index contributed by atoms with van der Waals surface area (Å²) in [6.45, 7) is 4.24. The van der Waals surface area contributed by atoms with Crippen molar-refractivity contribution in [1.29, 1.82) is 0 Å². The molecule has 0 bridgehead atoms. The summed E-state index contributed by atoms with van der Waals surface area (Å²) in [6, 6.07) is 10.7. The van der Waals surface area contributed by atoms with Crippen LogP contribution >= 0.6 is 0 Å². The van der Waals surface area contributed by atoms with Crippen LogP contribution in [0.1, 0.15) is 40.7 Å². The van der Waals surface area contributed by atoms with Crippen LogP contribution < -0.4 is 78.1 Å². The Morgan fingerprint density at radius 1 is 0.730 bits per heavy atom. The molecule has 0 heterocycles. The fourth-order valence-electron chi connectivity index (χ4n) is 3.56. The maximum absolute atomic E-state index is 10.8. The van der Waals surface area contributed by atoms with Gasteiger partial charge in [0.15, 0.2) is 0 Å². The zero-order valence-corrected chi connectivity index (χ0v) is 27.8. The third kappa shape index (κ3) is 12.0. The number of rotatable bonds is 14. The third-order valence-electron chi connectivity index (χ3n) is 5.32. The molecule has 0 aromatic heterocycles. The molecular weight excluding hydrogens is 546 g/mol. The first-order chi connectivity index (χ1) is 16.3. The zero-order chi connectivity index (χ0) is 26.3. The van der Waals surface area contributed by atoms with Crippen molar-refractivity contribution in [2.24, 2.45) is 0 Å². The van der Waals surface area contributed by atoms with Gasteiger partial charge in [-0.3, -0.25) is 9.11 Å². The van der Waals surface area contributed by atoms with E-state index < -0.39 is 25.7 Å². The fourth-order valence-corrected chi connectivity index (χ4v) is 4.53. The van der Waals surface area contributed by atoms with E-state index >= 15 is 0 Å². The second kappa shape index (κ2) is 15.9. The number of ether oxygens (including phenoxy) is 4. The first kappa shape index (κ1) is 36.5. The summed E-state index contributed by atoms with van der Waals surface area (Å²) in [5, 5.41) is 0. The quantitative estimate of drug-likeness (QED) is 0.141. The fraction of sp³-hybridized carbons (Fsp3) is 0.478. The van der Waals surface area contributed by atoms with Crippen molar-refractivity contribution in [2.45, 2.75) is 32.1 Å². The van der Waals surface area contributed by atoms with E-state index in [9.17, 15) is 16.8 Å². The van der Waals surface area contributed by atoms with Crippen molar-refractivity contribution in [2.75, 3.05) is 38.9 Å². The third-order valence-corrected chi connectivity index (χ3v) is 6.93. The minimum Gasteiger partial charge on any atom is -1.00 e. The summed E-state index contributed by atoms with van der Waals surface area (Å²) >= 11 is 0. The standard InChI is InChI=1S/C23H32O10S2.2Na.2H/c1-23(2,19-9-7-17(15-21(19)30-3)32-11-5-13-34(24,25)26)20-10-8-18(16-22(20)31-4)33-12-6-14-35(27,28)29;;;;/h7-10,15-16H,5-6,11-14H2,1-4H3,(H,24,25,26)(H,27,28,29);;;;/q;2*+1;2*-1. The van der Waals surface area contributed by atoms with Crippen LogP contribution in [0, 0.1) is 0 Å². The summed E-state index contributed by atoms with van der Waals surface area (Å²) in [5.41, 5.74) is 1.14. The van der Waals surface area contributed by atoms with Crippen molar-refractivity contribution in [3.63, 3.8) is 0 Å². The Morgan fingerprint density at radius 2 is 1.08 bits per heavy atom. The van der Waals surface area contributed by atoms with Gasteiger partial charge in [-0.25, -0.2) is 0 Å². The van der Waals surface area contributed by atoms with Crippen LogP contribution in [0.2, 0.25) is 0 Å². The van der Waals surface area contributed by atoms with Gasteiger partial charge in [0.1, 0.15) is 23.0 Å². The van der Waals surface area contributed by atoms with Gasteiger partial charge in [-0.05, 0) is 25.0 Å². The molecular formula is C23H34Na2O10S2. The van der Waals surface area contributed by atoms with Gasteiger partial charge in [0, 0.05) is 28.7 Å². The maximum atomic E-state index is 10.8. The van der Waals surface area contributed by atoms with E-state index in [-0.39, 0.29) is 99.5 Å². The van der Waals surface area contributed by atoms with Crippen LogP contribution in [-0.2, 0) is 25.7 Å². The van der Waals surface area contributed by atoms with E-state index in [1.165, 1.54) is 14.2 Å². The van der Waals surface area contributed by atoms with Gasteiger partial charge in [0.2, 0.25) is 0 Å². The number of hydrogen-bond donors (Lipinski definition) is 2. The predicted octanol–water partition coefficient (Wildman–Crippen LogP) is -2.42. The van der Waals surface area contributed by atoms with Gasteiger partial charge in [-0.15, -0.1) is 0 Å². The summed E-state index contributed by atoms with van der Waals surface area (Å²) in [7, 11) is -4.98. The molecule has 10 nitrogen and oxygen atoms in total. The molecule has 0 atom stereocenters. The maximum Gasteiger partial charge on any atom is 1.00 e. The molecule has 2 aromatic rings. The van der Waals surface area contributed by atoms with E-state index in [4.69, 9.17) is 28.1 Å². The number of hydrogen-bond acceptors (Lipinski definition) is 8. The van der Waals surface area contributed by atoms with Crippen LogP contribution in [0.4, 0.5) is 0 Å². The molecule has 0 saturated carbocycles. The van der Waals surface area contributed by atoms with Gasteiger partial charge < -0.3 is 21.8 Å². The minimum absolute atomic E-state index is 0. The summed E-state index contributed by atoms with van der Waals surface area (Å²) in [6.07, 6.45) is 0.297. The molecule has 0 aliphatic heterocycles. The van der Waals surface area contributed by atoms with Crippen molar-refractivity contribution >= 4 is 20.2 Å². The van der Waals surface area contributed by atoms with Crippen LogP contribution in [0.25, 0.3) is 0 Å². The smallest absolute Gasteiger partial charge is 1.00 e. The van der Waals surface area contributed by atoms with Gasteiger partial charge in [0.25, 0.3) is 20.2 Å². The Balaban J connectivity index is -0.00000324. The SMILES string of the molecule is COc1cc(OCCCS(=O)(=O)O)ccc1C(C)(C)c1ccc(OCCCS(=O)(=O)O)cc1OC.[H-].[H-].[Na+].[Na+]. The van der Waals surface area contributed by atoms with E-state index in [1.807, 2.05) is 26.0 Å². The Kier molecular flexibility index (Phi) is 15.7. The van der Waals surface area contributed by atoms with Crippen molar-refractivity contribution in [1.82, 2.24) is 0 Å². The average Bonchev–Trinajstić information content (AvgIpc) is 2.77. The van der Waals surface area contributed by atoms with E-state index in [0.717, 1.165) is 11.1 Å². The second-order valence-electron chi connectivity index (χ2n) is 8.33. The van der Waals surface area contributed by atoms with E-state index in [2.05, 4.69) is 0 Å². The summed E-state index contributed by atoms with van der Waals surface area (Å²) in [4.78, 5) is 0. The monoisotopic (exact) mass is 580 g/mol. The molecule has 0 amide bonds. The first-order valence-corrected chi connectivity index (χ1v) is 14.0. The Hall–Kier alpha value is -0.540. The van der Waals surface area contributed by atoms with Crippen molar-refractivity contribution < 1.29 is 107 Å². The zero-order valence-electron chi connectivity index (χ0n) is 24.2. The Bertz CT molecular complexity index is 1130. The molecule has 0 unspecified atom stereocenters. The Labute approximate surface area is 266 Å². The first-order valence-electron chi connectivity index (χ1n) is 10.8. The second-order valence-corrected chi connectivity index (χ2v) is 11.5. The van der Waals surface area contributed by atoms with Crippen molar-refractivity contribution in [3.05, 3.63) is 47.5 Å². The molecule has 37 heavy (non-hydrogen) atoms. The van der Waals surface area contributed by atoms with Gasteiger partial charge in [-0.2, -0.15) is 16.8 Å². The number of benzene rings is 2. The van der Waals surface area contributed by atoms with Gasteiger partial charge >= 0.3 is 59.1 Å². The molecule has 0 fully saturated rings. The van der Waals surface area contributed by atoms with Crippen molar-refractivity contribution in [3.8, 4) is 23.0 Å². The van der Waals surface area contributed by atoms with Crippen LogP contribution in [0.5, 0.6) is 23.0 Å². The van der Waals surface area contributed by atoms with Gasteiger partial charge in [0.05, 0.1) is 38.9 Å². The number of methoxy groups -OCH3 is 2. The summed E-state index contributed by atoms with van der Waals surface area (Å²) < 4.78 is 83.4. The average molecular weight is 581 g/mol. The Morgan fingerprint density at radius 3 is 1.38 bits per heavy atom. The predicted molar refractivity (Wildman–Crippen MR) is 133 cm³/mol. The van der Waals surface area contributed by atoms with Gasteiger partial charge in [-0.1, -0.05) is 26.0 Å². The van der Waals surface area contributed by atoms with Crippen LogP contribution in [0.15, 0.2) is 36.4 Å². The molecule has 0 radical (unpaired) electrons. The van der Waals surface area contributed by atoms with E-state index in [0.29, 0.717) is 23.0 Å².